The molecule has 3 aromatic carbocycles. The van der Waals surface area contributed by atoms with Crippen molar-refractivity contribution in [2.45, 2.75) is 13.8 Å². The number of carbonyl (C=O) groups is 3. The van der Waals surface area contributed by atoms with Gasteiger partial charge in [0.25, 0.3) is 5.91 Å². The van der Waals surface area contributed by atoms with Crippen molar-refractivity contribution in [2.75, 3.05) is 36.8 Å². The van der Waals surface area contributed by atoms with Crippen LogP contribution < -0.4 is 21.3 Å². The van der Waals surface area contributed by atoms with Crippen LogP contribution in [0.2, 0.25) is 0 Å². The molecule has 9 nitrogen and oxygen atoms in total. The van der Waals surface area contributed by atoms with Crippen molar-refractivity contribution in [2.24, 2.45) is 0 Å². The van der Waals surface area contributed by atoms with Gasteiger partial charge in [0, 0.05) is 60.9 Å². The molecule has 0 aliphatic rings. The van der Waals surface area contributed by atoms with Crippen molar-refractivity contribution in [3.8, 4) is 11.4 Å². The number of nitrogens with one attached hydrogen (secondary N) is 4. The predicted molar refractivity (Wildman–Crippen MR) is 157 cm³/mol. The van der Waals surface area contributed by atoms with E-state index in [-0.39, 0.29) is 17.6 Å². The highest BCUT2D eigenvalue weighted by molar-refractivity contribution is 6.09. The normalized spacial score (nSPS) is 10.4. The van der Waals surface area contributed by atoms with E-state index in [9.17, 15) is 14.4 Å². The smallest absolute Gasteiger partial charge is 0.251 e. The van der Waals surface area contributed by atoms with E-state index in [0.29, 0.717) is 60.3 Å². The van der Waals surface area contributed by atoms with Crippen molar-refractivity contribution in [3.05, 3.63) is 107 Å². The second-order valence-electron chi connectivity index (χ2n) is 9.10. The number of aromatic nitrogens is 2. The minimum Gasteiger partial charge on any atom is -0.368 e. The Bertz CT molecular complexity index is 1460. The number of anilines is 2. The molecular formula is C31H32N6O3. The van der Waals surface area contributed by atoms with Crippen molar-refractivity contribution < 1.29 is 14.4 Å². The Morgan fingerprint density at radius 1 is 0.625 bits per heavy atom. The summed E-state index contributed by atoms with van der Waals surface area (Å²) in [5.41, 5.74) is 3.30. The topological polar surface area (TPSA) is 125 Å². The average molecular weight is 537 g/mol. The first-order valence-corrected chi connectivity index (χ1v) is 13.1. The Kier molecular flexibility index (Phi) is 9.55. The Balaban J connectivity index is 1.36. The predicted octanol–water partition coefficient (Wildman–Crippen LogP) is 4.07. The molecule has 0 saturated carbocycles. The van der Waals surface area contributed by atoms with E-state index in [1.165, 1.54) is 6.92 Å². The molecule has 0 spiro atoms. The number of hydrogen-bond donors (Lipinski definition) is 4. The molecule has 1 heterocycles. The fourth-order valence-corrected chi connectivity index (χ4v) is 3.98. The number of benzene rings is 3. The van der Waals surface area contributed by atoms with Gasteiger partial charge in [-0.3, -0.25) is 14.4 Å². The molecule has 9 heteroatoms. The van der Waals surface area contributed by atoms with Crippen molar-refractivity contribution in [1.29, 1.82) is 0 Å². The molecule has 1 aromatic heterocycles. The number of hydrogen-bond acceptors (Lipinski definition) is 7. The standard InChI is InChI=1S/C31H32N6O3/c1-21-28(33-18-17-32-22(2)38)36-30(25-11-7-4-8-12-25)37-29(21)34-19-20-35-31(40)26-15-13-24(14-16-26)27(39)23-9-5-3-6-10-23/h3-16H,17-20H2,1-2H3,(H,32,38)(H,35,40)(H2,33,34,36,37). The molecule has 0 bridgehead atoms. The molecular weight excluding hydrogens is 504 g/mol. The minimum atomic E-state index is -0.231. The molecule has 2 amide bonds. The third kappa shape index (κ3) is 7.50. The summed E-state index contributed by atoms with van der Waals surface area (Å²) in [6.45, 7) is 5.17. The molecule has 0 radical (unpaired) electrons. The van der Waals surface area contributed by atoms with Gasteiger partial charge in [-0.2, -0.15) is 0 Å². The van der Waals surface area contributed by atoms with E-state index in [1.807, 2.05) is 55.5 Å². The quantitative estimate of drug-likeness (QED) is 0.159. The van der Waals surface area contributed by atoms with Crippen LogP contribution in [0.3, 0.4) is 0 Å². The Morgan fingerprint density at radius 2 is 1.12 bits per heavy atom. The largest absolute Gasteiger partial charge is 0.368 e. The van der Waals surface area contributed by atoms with Crippen LogP contribution in [0.5, 0.6) is 0 Å². The first-order chi connectivity index (χ1) is 19.4. The molecule has 40 heavy (non-hydrogen) atoms. The summed E-state index contributed by atoms with van der Waals surface area (Å²) in [7, 11) is 0. The first kappa shape index (κ1) is 28.0. The lowest BCUT2D eigenvalue weighted by Gasteiger charge is -2.16. The lowest BCUT2D eigenvalue weighted by Crippen LogP contribution is -2.29. The van der Waals surface area contributed by atoms with E-state index in [4.69, 9.17) is 4.98 Å². The highest BCUT2D eigenvalue weighted by atomic mass is 16.2. The molecule has 0 atom stereocenters. The second kappa shape index (κ2) is 13.7. The van der Waals surface area contributed by atoms with Gasteiger partial charge in [-0.25, -0.2) is 9.97 Å². The molecule has 4 rings (SSSR count). The third-order valence-corrected chi connectivity index (χ3v) is 6.12. The van der Waals surface area contributed by atoms with Crippen LogP contribution >= 0.6 is 0 Å². The van der Waals surface area contributed by atoms with Crippen LogP contribution in [0.4, 0.5) is 11.6 Å². The third-order valence-electron chi connectivity index (χ3n) is 6.12. The van der Waals surface area contributed by atoms with Gasteiger partial charge in [0.15, 0.2) is 11.6 Å². The lowest BCUT2D eigenvalue weighted by atomic mass is 10.0. The van der Waals surface area contributed by atoms with E-state index in [1.54, 1.807) is 36.4 Å². The van der Waals surface area contributed by atoms with Crippen molar-refractivity contribution in [1.82, 2.24) is 20.6 Å². The maximum Gasteiger partial charge on any atom is 0.251 e. The highest BCUT2D eigenvalue weighted by Crippen LogP contribution is 2.25. The van der Waals surface area contributed by atoms with Gasteiger partial charge in [-0.05, 0) is 19.1 Å². The zero-order valence-corrected chi connectivity index (χ0v) is 22.5. The van der Waals surface area contributed by atoms with Crippen LogP contribution in [0, 0.1) is 6.92 Å². The summed E-state index contributed by atoms with van der Waals surface area (Å²) >= 11 is 0. The number of rotatable bonds is 12. The number of carbonyl (C=O) groups excluding carboxylic acids is 3. The molecule has 4 N–H and O–H groups in total. The summed E-state index contributed by atoms with van der Waals surface area (Å²) in [4.78, 5) is 45.8. The van der Waals surface area contributed by atoms with Gasteiger partial charge in [0.05, 0.1) is 0 Å². The van der Waals surface area contributed by atoms with Crippen LogP contribution in [0.15, 0.2) is 84.9 Å². The maximum atomic E-state index is 12.7. The summed E-state index contributed by atoms with van der Waals surface area (Å²) in [5, 5.41) is 12.2. The van der Waals surface area contributed by atoms with Gasteiger partial charge in [0.2, 0.25) is 5.91 Å². The van der Waals surface area contributed by atoms with Gasteiger partial charge < -0.3 is 21.3 Å². The van der Waals surface area contributed by atoms with E-state index >= 15 is 0 Å². The summed E-state index contributed by atoms with van der Waals surface area (Å²) < 4.78 is 0. The van der Waals surface area contributed by atoms with Crippen LogP contribution in [-0.4, -0.2) is 53.7 Å². The van der Waals surface area contributed by atoms with Crippen molar-refractivity contribution in [3.63, 3.8) is 0 Å². The molecule has 0 saturated heterocycles. The SMILES string of the molecule is CC(=O)NCCNc1nc(-c2ccccc2)nc(NCCNC(=O)c2ccc(C(=O)c3ccccc3)cc2)c1C. The summed E-state index contributed by atoms with van der Waals surface area (Å²) in [6, 6.07) is 25.3. The van der Waals surface area contributed by atoms with Crippen LogP contribution in [-0.2, 0) is 4.79 Å². The van der Waals surface area contributed by atoms with Crippen molar-refractivity contribution >= 4 is 29.2 Å². The molecule has 0 aliphatic carbocycles. The summed E-state index contributed by atoms with van der Waals surface area (Å²) in [5.74, 6) is 1.46. The zero-order valence-electron chi connectivity index (χ0n) is 22.5. The van der Waals surface area contributed by atoms with E-state index in [0.717, 1.165) is 11.1 Å². The Labute approximate surface area is 233 Å². The molecule has 0 aliphatic heterocycles. The molecule has 204 valence electrons. The Morgan fingerprint density at radius 3 is 1.70 bits per heavy atom. The average Bonchev–Trinajstić information content (AvgIpc) is 2.99. The van der Waals surface area contributed by atoms with Gasteiger partial charge >= 0.3 is 0 Å². The van der Waals surface area contributed by atoms with Crippen LogP contribution in [0.25, 0.3) is 11.4 Å². The van der Waals surface area contributed by atoms with Gasteiger partial charge in [-0.1, -0.05) is 72.8 Å². The second-order valence-corrected chi connectivity index (χ2v) is 9.10. The van der Waals surface area contributed by atoms with Crippen LogP contribution in [0.1, 0.15) is 38.8 Å². The molecule has 0 unspecified atom stereocenters. The number of nitrogens with zero attached hydrogens (tertiary/aromatic N) is 2. The minimum absolute atomic E-state index is 0.0872. The van der Waals surface area contributed by atoms with Gasteiger partial charge in [-0.15, -0.1) is 0 Å². The highest BCUT2D eigenvalue weighted by Gasteiger charge is 2.13. The van der Waals surface area contributed by atoms with Gasteiger partial charge in [0.1, 0.15) is 11.6 Å². The summed E-state index contributed by atoms with van der Waals surface area (Å²) in [6.07, 6.45) is 0. The van der Waals surface area contributed by atoms with E-state index in [2.05, 4.69) is 26.3 Å². The fraction of sp³-hybridized carbons (Fsp3) is 0.194. The fourth-order valence-electron chi connectivity index (χ4n) is 3.98. The maximum absolute atomic E-state index is 12.7. The first-order valence-electron chi connectivity index (χ1n) is 13.1. The molecule has 0 fully saturated rings. The lowest BCUT2D eigenvalue weighted by molar-refractivity contribution is -0.118. The number of ketones is 1. The number of amides is 2. The monoisotopic (exact) mass is 536 g/mol. The zero-order chi connectivity index (χ0) is 28.3. The van der Waals surface area contributed by atoms with E-state index < -0.39 is 0 Å². The Hall–Kier alpha value is -5.05. The molecule has 4 aromatic rings.